The molecule has 1 atom stereocenters. The van der Waals surface area contributed by atoms with Gasteiger partial charge in [0.25, 0.3) is 11.8 Å². The number of hydrogen-bond donors (Lipinski definition) is 2. The standard InChI is InChI=1S/C23H30N2O4/c1-14(2)20-10-7-15(3)11-21(20)28-13-22(26)24-25-23(27)18(6)29-19-9-8-16(4)17(5)12-19/h7-12,14,18H,13H2,1-6H3,(H,24,26)(H,25,27). The van der Waals surface area contributed by atoms with Gasteiger partial charge in [-0.25, -0.2) is 0 Å². The van der Waals surface area contributed by atoms with Crippen LogP contribution in [0.5, 0.6) is 11.5 Å². The second-order valence-electron chi connectivity index (χ2n) is 7.53. The van der Waals surface area contributed by atoms with Crippen molar-refractivity contribution in [3.8, 4) is 11.5 Å². The van der Waals surface area contributed by atoms with E-state index in [1.807, 2.05) is 57.2 Å². The van der Waals surface area contributed by atoms with Gasteiger partial charge in [0.2, 0.25) is 0 Å². The van der Waals surface area contributed by atoms with Gasteiger partial charge in [0.1, 0.15) is 11.5 Å². The molecule has 156 valence electrons. The molecule has 0 aliphatic heterocycles. The molecule has 0 radical (unpaired) electrons. The van der Waals surface area contributed by atoms with Crippen LogP contribution in [0.15, 0.2) is 36.4 Å². The zero-order chi connectivity index (χ0) is 21.6. The van der Waals surface area contributed by atoms with E-state index in [4.69, 9.17) is 9.47 Å². The second-order valence-corrected chi connectivity index (χ2v) is 7.53. The summed E-state index contributed by atoms with van der Waals surface area (Å²) in [7, 11) is 0. The van der Waals surface area contributed by atoms with Gasteiger partial charge < -0.3 is 9.47 Å². The molecular formula is C23H30N2O4. The lowest BCUT2D eigenvalue weighted by atomic mass is 10.0. The number of aryl methyl sites for hydroxylation is 3. The Morgan fingerprint density at radius 1 is 0.931 bits per heavy atom. The molecule has 2 amide bonds. The summed E-state index contributed by atoms with van der Waals surface area (Å²) in [5.41, 5.74) is 9.04. The highest BCUT2D eigenvalue weighted by molar-refractivity contribution is 5.85. The first-order valence-electron chi connectivity index (χ1n) is 9.73. The number of carbonyl (C=O) groups is 2. The molecule has 1 unspecified atom stereocenters. The molecule has 0 saturated carbocycles. The Kier molecular flexibility index (Phi) is 7.65. The second kappa shape index (κ2) is 9.96. The van der Waals surface area contributed by atoms with Gasteiger partial charge in [0.05, 0.1) is 0 Å². The molecular weight excluding hydrogens is 368 g/mol. The number of carbonyl (C=O) groups excluding carboxylic acids is 2. The Balaban J connectivity index is 1.83. The molecule has 29 heavy (non-hydrogen) atoms. The third-order valence-corrected chi connectivity index (χ3v) is 4.64. The molecule has 6 nitrogen and oxygen atoms in total. The Morgan fingerprint density at radius 2 is 1.66 bits per heavy atom. The quantitative estimate of drug-likeness (QED) is 0.697. The molecule has 6 heteroatoms. The maximum absolute atomic E-state index is 12.2. The largest absolute Gasteiger partial charge is 0.483 e. The topological polar surface area (TPSA) is 76.7 Å². The summed E-state index contributed by atoms with van der Waals surface area (Å²) in [6.07, 6.45) is -0.761. The number of benzene rings is 2. The lowest BCUT2D eigenvalue weighted by Gasteiger charge is -2.17. The fraction of sp³-hybridized carbons (Fsp3) is 0.391. The fourth-order valence-electron chi connectivity index (χ4n) is 2.70. The van der Waals surface area contributed by atoms with Crippen LogP contribution in [0.3, 0.4) is 0 Å². The van der Waals surface area contributed by atoms with Crippen LogP contribution in [0, 0.1) is 20.8 Å². The SMILES string of the molecule is Cc1ccc(C(C)C)c(OCC(=O)NNC(=O)C(C)Oc2ccc(C)c(C)c2)c1. The van der Waals surface area contributed by atoms with Gasteiger partial charge in [-0.2, -0.15) is 0 Å². The number of rotatable bonds is 7. The van der Waals surface area contributed by atoms with Crippen LogP contribution < -0.4 is 20.3 Å². The van der Waals surface area contributed by atoms with Crippen molar-refractivity contribution in [2.45, 2.75) is 53.6 Å². The van der Waals surface area contributed by atoms with Gasteiger partial charge in [-0.1, -0.05) is 32.0 Å². The third kappa shape index (κ3) is 6.52. The van der Waals surface area contributed by atoms with Crippen molar-refractivity contribution in [3.63, 3.8) is 0 Å². The Bertz CT molecular complexity index is 877. The van der Waals surface area contributed by atoms with E-state index in [0.717, 1.165) is 22.3 Å². The van der Waals surface area contributed by atoms with E-state index in [-0.39, 0.29) is 12.5 Å². The summed E-state index contributed by atoms with van der Waals surface area (Å²) in [6, 6.07) is 11.5. The van der Waals surface area contributed by atoms with Crippen molar-refractivity contribution in [3.05, 3.63) is 58.7 Å². The molecule has 0 aliphatic carbocycles. The van der Waals surface area contributed by atoms with E-state index in [2.05, 4.69) is 24.7 Å². The van der Waals surface area contributed by atoms with Gasteiger partial charge in [-0.05, 0) is 74.1 Å². The maximum Gasteiger partial charge on any atom is 0.279 e. The fourth-order valence-corrected chi connectivity index (χ4v) is 2.70. The number of hydrogen-bond acceptors (Lipinski definition) is 4. The number of nitrogens with one attached hydrogen (secondary N) is 2. The first-order chi connectivity index (χ1) is 13.7. The normalized spacial score (nSPS) is 11.7. The molecule has 0 fully saturated rings. The van der Waals surface area contributed by atoms with Crippen LogP contribution in [0.25, 0.3) is 0 Å². The minimum absolute atomic E-state index is 0.199. The Labute approximate surface area is 172 Å². The predicted octanol–water partition coefficient (Wildman–Crippen LogP) is 3.73. The molecule has 0 heterocycles. The summed E-state index contributed by atoms with van der Waals surface area (Å²) in [6.45, 7) is 11.5. The van der Waals surface area contributed by atoms with Crippen LogP contribution in [0.4, 0.5) is 0 Å². The van der Waals surface area contributed by atoms with Gasteiger partial charge >= 0.3 is 0 Å². The zero-order valence-electron chi connectivity index (χ0n) is 18.0. The summed E-state index contributed by atoms with van der Waals surface area (Å²) < 4.78 is 11.3. The monoisotopic (exact) mass is 398 g/mol. The summed E-state index contributed by atoms with van der Waals surface area (Å²) >= 11 is 0. The molecule has 2 N–H and O–H groups in total. The van der Waals surface area contributed by atoms with Gasteiger partial charge in [-0.3, -0.25) is 20.4 Å². The highest BCUT2D eigenvalue weighted by Crippen LogP contribution is 2.27. The summed E-state index contributed by atoms with van der Waals surface area (Å²) in [5, 5.41) is 0. The van der Waals surface area contributed by atoms with Gasteiger partial charge in [-0.15, -0.1) is 0 Å². The molecule has 0 aromatic heterocycles. The third-order valence-electron chi connectivity index (χ3n) is 4.64. The lowest BCUT2D eigenvalue weighted by molar-refractivity contribution is -0.133. The summed E-state index contributed by atoms with van der Waals surface area (Å²) in [4.78, 5) is 24.2. The van der Waals surface area contributed by atoms with Crippen molar-refractivity contribution in [1.29, 1.82) is 0 Å². The van der Waals surface area contributed by atoms with Crippen molar-refractivity contribution in [2.24, 2.45) is 0 Å². The smallest absolute Gasteiger partial charge is 0.279 e. The van der Waals surface area contributed by atoms with Crippen molar-refractivity contribution >= 4 is 11.8 Å². The average Bonchev–Trinajstić information content (AvgIpc) is 2.67. The number of hydrazine groups is 1. The van der Waals surface area contributed by atoms with Crippen LogP contribution >= 0.6 is 0 Å². The van der Waals surface area contributed by atoms with Crippen molar-refractivity contribution in [2.75, 3.05) is 6.61 Å². The van der Waals surface area contributed by atoms with Crippen LogP contribution in [0.1, 0.15) is 48.9 Å². The maximum atomic E-state index is 12.2. The first kappa shape index (κ1) is 22.3. The highest BCUT2D eigenvalue weighted by Gasteiger charge is 2.16. The van der Waals surface area contributed by atoms with Gasteiger partial charge in [0, 0.05) is 0 Å². The molecule has 0 bridgehead atoms. The first-order valence-corrected chi connectivity index (χ1v) is 9.73. The predicted molar refractivity (Wildman–Crippen MR) is 113 cm³/mol. The molecule has 2 rings (SSSR count). The minimum Gasteiger partial charge on any atom is -0.483 e. The number of amides is 2. The molecule has 0 spiro atoms. The van der Waals surface area contributed by atoms with E-state index < -0.39 is 17.9 Å². The van der Waals surface area contributed by atoms with E-state index >= 15 is 0 Å². The van der Waals surface area contributed by atoms with Crippen molar-refractivity contribution in [1.82, 2.24) is 10.9 Å². The molecule has 2 aromatic carbocycles. The minimum atomic E-state index is -0.761. The van der Waals surface area contributed by atoms with Crippen LogP contribution in [-0.2, 0) is 9.59 Å². The Hall–Kier alpha value is -3.02. The zero-order valence-corrected chi connectivity index (χ0v) is 18.0. The molecule has 0 aliphatic rings. The van der Waals surface area contributed by atoms with E-state index in [1.54, 1.807) is 6.92 Å². The Morgan fingerprint density at radius 3 is 2.31 bits per heavy atom. The van der Waals surface area contributed by atoms with E-state index in [1.165, 1.54) is 0 Å². The van der Waals surface area contributed by atoms with E-state index in [9.17, 15) is 9.59 Å². The lowest BCUT2D eigenvalue weighted by Crippen LogP contribution is -2.48. The van der Waals surface area contributed by atoms with Gasteiger partial charge in [0.15, 0.2) is 12.7 Å². The van der Waals surface area contributed by atoms with Crippen LogP contribution in [-0.4, -0.2) is 24.5 Å². The highest BCUT2D eigenvalue weighted by atomic mass is 16.5. The number of ether oxygens (including phenoxy) is 2. The van der Waals surface area contributed by atoms with Crippen molar-refractivity contribution < 1.29 is 19.1 Å². The molecule has 0 saturated heterocycles. The average molecular weight is 399 g/mol. The van der Waals surface area contributed by atoms with Crippen LogP contribution in [0.2, 0.25) is 0 Å². The summed E-state index contributed by atoms with van der Waals surface area (Å²) in [5.74, 6) is 0.652. The van der Waals surface area contributed by atoms with E-state index in [0.29, 0.717) is 11.5 Å². The molecule has 2 aromatic rings.